The Labute approximate surface area is 208 Å². The second-order valence-electron chi connectivity index (χ2n) is 9.96. The maximum Gasteiger partial charge on any atom is 0.221 e. The van der Waals surface area contributed by atoms with Crippen LogP contribution in [0.3, 0.4) is 0 Å². The third kappa shape index (κ3) is 3.31. The van der Waals surface area contributed by atoms with Gasteiger partial charge in [-0.3, -0.25) is 0 Å². The predicted molar refractivity (Wildman–Crippen MR) is 143 cm³/mol. The number of aryl methyl sites for hydroxylation is 4. The summed E-state index contributed by atoms with van der Waals surface area (Å²) in [5.74, 6) is 0. The van der Waals surface area contributed by atoms with E-state index in [1.54, 1.807) is 5.56 Å². The molecule has 0 radical (unpaired) electrons. The molecule has 0 bridgehead atoms. The molecule has 5 aromatic rings. The van der Waals surface area contributed by atoms with Crippen molar-refractivity contribution in [1.29, 1.82) is 0 Å². The summed E-state index contributed by atoms with van der Waals surface area (Å²) >= 11 is 0. The molecule has 2 aliphatic heterocycles. The van der Waals surface area contributed by atoms with E-state index in [4.69, 9.17) is 0 Å². The van der Waals surface area contributed by atoms with Crippen LogP contribution in [0.25, 0.3) is 33.3 Å². The van der Waals surface area contributed by atoms with Crippen molar-refractivity contribution < 1.29 is 9.13 Å². The van der Waals surface area contributed by atoms with Crippen molar-refractivity contribution in [1.82, 2.24) is 0 Å². The number of benzene rings is 3. The van der Waals surface area contributed by atoms with Crippen LogP contribution in [-0.4, -0.2) is 0 Å². The van der Waals surface area contributed by atoms with Crippen molar-refractivity contribution in [2.24, 2.45) is 0 Å². The standard InChI is InChI=1S/C17H14N.C15H14N.CH4/c1-12-10-18-11-13-6-2-3-8-15(13)17(18)16-9-5-4-7-14(12)16;1-10-7-12-6-5-11-3-2-4-13-9-16(8-10)15(12)14(11)13;/h2-10H,11H2,1H3;2-4,7-8H,5-6,9H2,1H3;1H4/q2*+1;. The van der Waals surface area contributed by atoms with E-state index < -0.39 is 0 Å². The number of hydrogen-bond acceptors (Lipinski definition) is 0. The highest BCUT2D eigenvalue weighted by Gasteiger charge is 2.34. The van der Waals surface area contributed by atoms with Gasteiger partial charge in [0.15, 0.2) is 25.5 Å². The van der Waals surface area contributed by atoms with Crippen LogP contribution in [0, 0.1) is 13.8 Å². The Morgan fingerprint density at radius 1 is 0.600 bits per heavy atom. The van der Waals surface area contributed by atoms with Crippen molar-refractivity contribution in [2.45, 2.75) is 47.2 Å². The first kappa shape index (κ1) is 21.7. The topological polar surface area (TPSA) is 7.76 Å². The van der Waals surface area contributed by atoms with Gasteiger partial charge in [0.05, 0.1) is 16.5 Å². The van der Waals surface area contributed by atoms with Crippen LogP contribution < -0.4 is 9.13 Å². The molecule has 35 heavy (non-hydrogen) atoms. The number of nitrogens with zero attached hydrogens (tertiary/aromatic N) is 2. The van der Waals surface area contributed by atoms with Crippen molar-refractivity contribution in [3.8, 4) is 22.5 Å². The molecule has 0 saturated carbocycles. The summed E-state index contributed by atoms with van der Waals surface area (Å²) in [5.41, 5.74) is 14.5. The van der Waals surface area contributed by atoms with Crippen LogP contribution in [0.4, 0.5) is 0 Å². The molecule has 0 N–H and O–H groups in total. The molecule has 3 aromatic carbocycles. The summed E-state index contributed by atoms with van der Waals surface area (Å²) in [6.07, 6.45) is 6.97. The third-order valence-corrected chi connectivity index (χ3v) is 7.69. The van der Waals surface area contributed by atoms with Gasteiger partial charge in [-0.15, -0.1) is 0 Å². The van der Waals surface area contributed by atoms with Gasteiger partial charge in [0.1, 0.15) is 0 Å². The van der Waals surface area contributed by atoms with Crippen molar-refractivity contribution in [3.05, 3.63) is 119 Å². The minimum Gasteiger partial charge on any atom is -0.193 e. The fraction of sp³-hybridized carbons (Fsp3) is 0.212. The predicted octanol–water partition coefficient (Wildman–Crippen LogP) is 6.51. The highest BCUT2D eigenvalue weighted by atomic mass is 15.0. The van der Waals surface area contributed by atoms with Crippen molar-refractivity contribution in [3.63, 3.8) is 0 Å². The van der Waals surface area contributed by atoms with Gasteiger partial charge in [0, 0.05) is 27.8 Å². The van der Waals surface area contributed by atoms with Gasteiger partial charge in [-0.1, -0.05) is 62.0 Å². The Bertz CT molecular complexity index is 1630. The first-order valence-corrected chi connectivity index (χ1v) is 12.3. The van der Waals surface area contributed by atoms with Crippen LogP contribution in [0.2, 0.25) is 0 Å². The Balaban J connectivity index is 0.000000128. The maximum absolute atomic E-state index is 2.43. The molecule has 3 aliphatic rings. The van der Waals surface area contributed by atoms with Gasteiger partial charge in [0.25, 0.3) is 0 Å². The molecule has 0 fully saturated rings. The quantitative estimate of drug-likeness (QED) is 0.230. The molecule has 172 valence electrons. The molecule has 2 nitrogen and oxygen atoms in total. The van der Waals surface area contributed by atoms with Crippen LogP contribution in [-0.2, 0) is 25.9 Å². The number of aromatic nitrogens is 2. The van der Waals surface area contributed by atoms with E-state index >= 15 is 0 Å². The largest absolute Gasteiger partial charge is 0.221 e. The molecule has 0 atom stereocenters. The van der Waals surface area contributed by atoms with Gasteiger partial charge in [-0.05, 0) is 55.8 Å². The van der Waals surface area contributed by atoms with Crippen molar-refractivity contribution >= 4 is 10.8 Å². The number of rotatable bonds is 0. The summed E-state index contributed by atoms with van der Waals surface area (Å²) in [5, 5.41) is 2.72. The Hall–Kier alpha value is -3.78. The van der Waals surface area contributed by atoms with Crippen LogP contribution >= 0.6 is 0 Å². The summed E-state index contributed by atoms with van der Waals surface area (Å²) in [6.45, 7) is 6.45. The molecule has 8 rings (SSSR count). The van der Waals surface area contributed by atoms with Gasteiger partial charge < -0.3 is 0 Å². The molecule has 2 aromatic heterocycles. The number of fused-ring (bicyclic) bond motifs is 5. The van der Waals surface area contributed by atoms with Gasteiger partial charge >= 0.3 is 0 Å². The summed E-state index contributed by atoms with van der Waals surface area (Å²) in [4.78, 5) is 0. The zero-order chi connectivity index (χ0) is 22.8. The van der Waals surface area contributed by atoms with Crippen LogP contribution in [0.5, 0.6) is 0 Å². The zero-order valence-electron chi connectivity index (χ0n) is 19.8. The second kappa shape index (κ2) is 8.16. The average Bonchev–Trinajstić information content (AvgIpc) is 3.41. The van der Waals surface area contributed by atoms with E-state index in [0.29, 0.717) is 0 Å². The van der Waals surface area contributed by atoms with Gasteiger partial charge in [-0.25, -0.2) is 0 Å². The maximum atomic E-state index is 2.43. The number of hydrogen-bond donors (Lipinski definition) is 0. The SMILES string of the molecule is C.Cc1c[n+]2c(c3ccccc13)-c1ccccc1C2.Cc1cc2c3[n+](c1)Cc1cccc(c1-3)CC2. The monoisotopic (exact) mass is 456 g/mol. The van der Waals surface area contributed by atoms with Gasteiger partial charge in [-0.2, -0.15) is 9.13 Å². The number of pyridine rings is 2. The van der Waals surface area contributed by atoms with Gasteiger partial charge in [0.2, 0.25) is 11.4 Å². The minimum absolute atomic E-state index is 0. The summed E-state index contributed by atoms with van der Waals surface area (Å²) in [6, 6.07) is 26.5. The highest BCUT2D eigenvalue weighted by molar-refractivity contribution is 5.95. The van der Waals surface area contributed by atoms with E-state index in [-0.39, 0.29) is 7.43 Å². The van der Waals surface area contributed by atoms with E-state index in [1.165, 1.54) is 73.9 Å². The molecular formula is C33H32N2+2. The molecule has 0 spiro atoms. The van der Waals surface area contributed by atoms with E-state index in [1.807, 2.05) is 0 Å². The lowest BCUT2D eigenvalue weighted by molar-refractivity contribution is -0.672. The average molecular weight is 457 g/mol. The molecule has 1 aliphatic carbocycles. The lowest BCUT2D eigenvalue weighted by Gasteiger charge is -2.14. The molecule has 0 saturated heterocycles. The normalized spacial score (nSPS) is 13.3. The molecule has 4 heterocycles. The second-order valence-corrected chi connectivity index (χ2v) is 9.96. The van der Waals surface area contributed by atoms with E-state index in [9.17, 15) is 0 Å². The van der Waals surface area contributed by atoms with Crippen molar-refractivity contribution in [2.75, 3.05) is 0 Å². The minimum atomic E-state index is 0. The molecule has 0 amide bonds. The Kier molecular flexibility index (Phi) is 5.07. The summed E-state index contributed by atoms with van der Waals surface area (Å²) in [7, 11) is 0. The smallest absolute Gasteiger partial charge is 0.193 e. The fourth-order valence-corrected chi connectivity index (χ4v) is 6.30. The molecular weight excluding hydrogens is 424 g/mol. The fourth-order valence-electron chi connectivity index (χ4n) is 6.30. The lowest BCUT2D eigenvalue weighted by atomic mass is 9.88. The highest BCUT2D eigenvalue weighted by Crippen LogP contribution is 2.37. The van der Waals surface area contributed by atoms with Crippen LogP contribution in [0.15, 0.2) is 85.2 Å². The summed E-state index contributed by atoms with van der Waals surface area (Å²) < 4.78 is 4.81. The zero-order valence-corrected chi connectivity index (χ0v) is 19.8. The Morgan fingerprint density at radius 3 is 2.14 bits per heavy atom. The Morgan fingerprint density at radius 2 is 1.26 bits per heavy atom. The molecule has 2 heteroatoms. The first-order valence-electron chi connectivity index (χ1n) is 12.3. The third-order valence-electron chi connectivity index (χ3n) is 7.69. The molecule has 0 unspecified atom stereocenters. The van der Waals surface area contributed by atoms with E-state index in [2.05, 4.69) is 108 Å². The van der Waals surface area contributed by atoms with Crippen LogP contribution in [0.1, 0.15) is 40.8 Å². The van der Waals surface area contributed by atoms with E-state index in [0.717, 1.165) is 13.1 Å². The lowest BCUT2D eigenvalue weighted by Crippen LogP contribution is -2.34. The first-order chi connectivity index (χ1) is 16.7.